The number of hydrogen-bond acceptors (Lipinski definition) is 3. The topological polar surface area (TPSA) is 45.0 Å². The van der Waals surface area contributed by atoms with E-state index in [1.165, 1.54) is 0 Å². The van der Waals surface area contributed by atoms with Crippen LogP contribution in [-0.2, 0) is 0 Å². The molecule has 1 N–H and O–H groups in total. The molecule has 0 saturated heterocycles. The van der Waals surface area contributed by atoms with Crippen LogP contribution in [0.15, 0.2) is 30.9 Å². The molecule has 1 aromatic carbocycles. The first-order chi connectivity index (χ1) is 7.31. The van der Waals surface area contributed by atoms with Gasteiger partial charge in [-0.3, -0.25) is 0 Å². The van der Waals surface area contributed by atoms with E-state index in [2.05, 4.69) is 18.0 Å². The van der Waals surface area contributed by atoms with Crippen molar-refractivity contribution in [3.63, 3.8) is 0 Å². The van der Waals surface area contributed by atoms with E-state index < -0.39 is 0 Å². The first kappa shape index (κ1) is 11.1. The quantitative estimate of drug-likeness (QED) is 0.589. The summed E-state index contributed by atoms with van der Waals surface area (Å²) in [4.78, 5) is 0. The highest BCUT2D eigenvalue weighted by Gasteiger charge is 2.02. The minimum Gasteiger partial charge on any atom is -0.495 e. The van der Waals surface area contributed by atoms with Crippen LogP contribution in [0.3, 0.4) is 0 Å². The lowest BCUT2D eigenvalue weighted by Crippen LogP contribution is -2.00. The predicted octanol–water partition coefficient (Wildman–Crippen LogP) is 2.55. The van der Waals surface area contributed by atoms with Gasteiger partial charge in [0.1, 0.15) is 11.8 Å². The Kier molecular flexibility index (Phi) is 4.24. The van der Waals surface area contributed by atoms with Crippen molar-refractivity contribution in [3.05, 3.63) is 36.4 Å². The number of anilines is 1. The van der Waals surface area contributed by atoms with Crippen molar-refractivity contribution in [2.75, 3.05) is 19.0 Å². The third-order valence-electron chi connectivity index (χ3n) is 2.00. The third-order valence-corrected chi connectivity index (χ3v) is 2.00. The van der Waals surface area contributed by atoms with Gasteiger partial charge in [0.2, 0.25) is 0 Å². The molecular weight excluding hydrogens is 188 g/mol. The Morgan fingerprint density at radius 3 is 3.00 bits per heavy atom. The summed E-state index contributed by atoms with van der Waals surface area (Å²) < 4.78 is 5.05. The number of rotatable bonds is 5. The van der Waals surface area contributed by atoms with Gasteiger partial charge >= 0.3 is 0 Å². The summed E-state index contributed by atoms with van der Waals surface area (Å²) in [6, 6.07) is 7.55. The van der Waals surface area contributed by atoms with E-state index in [0.29, 0.717) is 11.3 Å². The van der Waals surface area contributed by atoms with Crippen LogP contribution >= 0.6 is 0 Å². The molecule has 0 radical (unpaired) electrons. The minimum absolute atomic E-state index is 0.543. The average molecular weight is 202 g/mol. The summed E-state index contributed by atoms with van der Waals surface area (Å²) in [5.74, 6) is 0.603. The molecule has 0 aliphatic heterocycles. The molecule has 1 aromatic rings. The molecule has 0 fully saturated rings. The molecule has 0 heterocycles. The first-order valence-corrected chi connectivity index (χ1v) is 4.74. The van der Waals surface area contributed by atoms with Gasteiger partial charge < -0.3 is 10.1 Å². The summed E-state index contributed by atoms with van der Waals surface area (Å²) in [6.07, 6.45) is 2.75. The van der Waals surface area contributed by atoms with Crippen molar-refractivity contribution in [1.82, 2.24) is 0 Å². The van der Waals surface area contributed by atoms with E-state index in [9.17, 15) is 0 Å². The van der Waals surface area contributed by atoms with Crippen molar-refractivity contribution in [2.45, 2.75) is 6.42 Å². The Balaban J connectivity index is 2.75. The molecule has 0 bridgehead atoms. The van der Waals surface area contributed by atoms with Crippen molar-refractivity contribution < 1.29 is 4.74 Å². The SMILES string of the molecule is C=CCCNc1ccc(OC)c(C#N)c1. The molecule has 0 aliphatic carbocycles. The van der Waals surface area contributed by atoms with E-state index in [0.717, 1.165) is 18.7 Å². The standard InChI is InChI=1S/C12H14N2O/c1-3-4-7-14-11-5-6-12(15-2)10(8-11)9-13/h3,5-6,8,14H,1,4,7H2,2H3. The molecule has 0 spiro atoms. The maximum atomic E-state index is 8.87. The number of nitrogens with one attached hydrogen (secondary N) is 1. The van der Waals surface area contributed by atoms with Gasteiger partial charge in [-0.15, -0.1) is 6.58 Å². The van der Waals surface area contributed by atoms with Crippen LogP contribution in [-0.4, -0.2) is 13.7 Å². The van der Waals surface area contributed by atoms with Gasteiger partial charge in [-0.25, -0.2) is 0 Å². The number of ether oxygens (including phenoxy) is 1. The fraction of sp³-hybridized carbons (Fsp3) is 0.250. The van der Waals surface area contributed by atoms with E-state index in [1.54, 1.807) is 19.2 Å². The Bertz CT molecular complexity index is 380. The maximum absolute atomic E-state index is 8.87. The molecular formula is C12H14N2O. The van der Waals surface area contributed by atoms with Crippen molar-refractivity contribution in [3.8, 4) is 11.8 Å². The van der Waals surface area contributed by atoms with Gasteiger partial charge in [-0.1, -0.05) is 6.08 Å². The number of nitrogens with zero attached hydrogens (tertiary/aromatic N) is 1. The van der Waals surface area contributed by atoms with Crippen LogP contribution in [0.1, 0.15) is 12.0 Å². The Morgan fingerprint density at radius 2 is 2.40 bits per heavy atom. The van der Waals surface area contributed by atoms with E-state index >= 15 is 0 Å². The molecule has 0 atom stereocenters. The number of nitriles is 1. The van der Waals surface area contributed by atoms with Crippen molar-refractivity contribution in [2.24, 2.45) is 0 Å². The summed E-state index contributed by atoms with van der Waals surface area (Å²) in [6.45, 7) is 4.46. The van der Waals surface area contributed by atoms with Gasteiger partial charge in [0.15, 0.2) is 0 Å². The summed E-state index contributed by atoms with van der Waals surface area (Å²) in [5.41, 5.74) is 1.47. The molecule has 0 amide bonds. The Hall–Kier alpha value is -1.95. The van der Waals surface area contributed by atoms with Crippen LogP contribution < -0.4 is 10.1 Å². The van der Waals surface area contributed by atoms with E-state index in [-0.39, 0.29) is 0 Å². The van der Waals surface area contributed by atoms with Gasteiger partial charge in [0.05, 0.1) is 12.7 Å². The molecule has 78 valence electrons. The van der Waals surface area contributed by atoms with Gasteiger partial charge in [-0.05, 0) is 24.6 Å². The summed E-state index contributed by atoms with van der Waals surface area (Å²) >= 11 is 0. The van der Waals surface area contributed by atoms with Crippen LogP contribution in [0.25, 0.3) is 0 Å². The zero-order chi connectivity index (χ0) is 11.1. The second-order valence-electron chi connectivity index (χ2n) is 3.03. The highest BCUT2D eigenvalue weighted by molar-refractivity contribution is 5.55. The van der Waals surface area contributed by atoms with E-state index in [1.807, 2.05) is 12.1 Å². The van der Waals surface area contributed by atoms with E-state index in [4.69, 9.17) is 10.00 Å². The Labute approximate surface area is 90.0 Å². The third kappa shape index (κ3) is 3.03. The lowest BCUT2D eigenvalue weighted by atomic mass is 10.2. The molecule has 0 saturated carbocycles. The monoisotopic (exact) mass is 202 g/mol. The lowest BCUT2D eigenvalue weighted by Gasteiger charge is -2.07. The second kappa shape index (κ2) is 5.71. The highest BCUT2D eigenvalue weighted by Crippen LogP contribution is 2.21. The predicted molar refractivity (Wildman–Crippen MR) is 61.0 cm³/mol. The fourth-order valence-electron chi connectivity index (χ4n) is 1.22. The number of hydrogen-bond donors (Lipinski definition) is 1. The lowest BCUT2D eigenvalue weighted by molar-refractivity contribution is 0.413. The molecule has 0 unspecified atom stereocenters. The largest absolute Gasteiger partial charge is 0.495 e. The maximum Gasteiger partial charge on any atom is 0.136 e. The highest BCUT2D eigenvalue weighted by atomic mass is 16.5. The Morgan fingerprint density at radius 1 is 1.60 bits per heavy atom. The molecule has 15 heavy (non-hydrogen) atoms. The van der Waals surface area contributed by atoms with Crippen LogP contribution in [0.5, 0.6) is 5.75 Å². The number of methoxy groups -OCH3 is 1. The van der Waals surface area contributed by atoms with Gasteiger partial charge in [0, 0.05) is 12.2 Å². The van der Waals surface area contributed by atoms with Crippen LogP contribution in [0.2, 0.25) is 0 Å². The number of benzene rings is 1. The van der Waals surface area contributed by atoms with Crippen molar-refractivity contribution >= 4 is 5.69 Å². The normalized spacial score (nSPS) is 9.07. The zero-order valence-electron chi connectivity index (χ0n) is 8.79. The summed E-state index contributed by atoms with van der Waals surface area (Å²) in [5, 5.41) is 12.1. The molecule has 0 aliphatic rings. The van der Waals surface area contributed by atoms with Crippen LogP contribution in [0, 0.1) is 11.3 Å². The first-order valence-electron chi connectivity index (χ1n) is 4.74. The molecule has 3 heteroatoms. The molecule has 3 nitrogen and oxygen atoms in total. The second-order valence-corrected chi connectivity index (χ2v) is 3.03. The van der Waals surface area contributed by atoms with Gasteiger partial charge in [-0.2, -0.15) is 5.26 Å². The van der Waals surface area contributed by atoms with Crippen molar-refractivity contribution in [1.29, 1.82) is 5.26 Å². The van der Waals surface area contributed by atoms with Crippen LogP contribution in [0.4, 0.5) is 5.69 Å². The zero-order valence-corrected chi connectivity index (χ0v) is 8.79. The summed E-state index contributed by atoms with van der Waals surface area (Å²) in [7, 11) is 1.56. The molecule has 1 rings (SSSR count). The smallest absolute Gasteiger partial charge is 0.136 e. The average Bonchev–Trinajstić information content (AvgIpc) is 2.29. The fourth-order valence-corrected chi connectivity index (χ4v) is 1.22. The molecule has 0 aromatic heterocycles. The van der Waals surface area contributed by atoms with Gasteiger partial charge in [0.25, 0.3) is 0 Å². The minimum atomic E-state index is 0.543.